The Labute approximate surface area is 121 Å². The molecule has 0 amide bonds. The second-order valence-electron chi connectivity index (χ2n) is 6.08. The molecule has 1 fully saturated rings. The molecular formula is C13H25NO5S. The molecule has 0 aromatic heterocycles. The first-order chi connectivity index (χ1) is 9.16. The minimum absolute atomic E-state index is 0.0288. The highest BCUT2D eigenvalue weighted by Crippen LogP contribution is 2.26. The van der Waals surface area contributed by atoms with Crippen molar-refractivity contribution in [1.82, 2.24) is 4.31 Å². The Morgan fingerprint density at radius 1 is 1.40 bits per heavy atom. The molecule has 1 saturated heterocycles. The van der Waals surface area contributed by atoms with E-state index in [1.165, 1.54) is 11.4 Å². The molecule has 1 heterocycles. The summed E-state index contributed by atoms with van der Waals surface area (Å²) in [5.41, 5.74) is -0.0970. The molecule has 6 nitrogen and oxygen atoms in total. The van der Waals surface area contributed by atoms with E-state index in [-0.39, 0.29) is 36.1 Å². The van der Waals surface area contributed by atoms with Crippen LogP contribution in [-0.4, -0.2) is 57.4 Å². The van der Waals surface area contributed by atoms with E-state index in [0.29, 0.717) is 19.7 Å². The summed E-state index contributed by atoms with van der Waals surface area (Å²) in [4.78, 5) is 11.0. The van der Waals surface area contributed by atoms with Gasteiger partial charge >= 0.3 is 5.97 Å². The van der Waals surface area contributed by atoms with Gasteiger partial charge in [0.15, 0.2) is 0 Å². The number of methoxy groups -OCH3 is 1. The van der Waals surface area contributed by atoms with Crippen molar-refractivity contribution in [2.24, 2.45) is 5.41 Å². The van der Waals surface area contributed by atoms with Crippen LogP contribution in [0, 0.1) is 5.41 Å². The Morgan fingerprint density at radius 3 is 2.60 bits per heavy atom. The standard InChI is InChI=1S/C13H25NO5S/c1-13(2,3)11-10-14(7-8-19-11)20(16,17)9-5-6-12(15)18-4/h11H,5-10H2,1-4H3/t11-/m0/s1. The molecule has 118 valence electrons. The minimum atomic E-state index is -3.33. The SMILES string of the molecule is COC(=O)CCCS(=O)(=O)N1CCO[C@H](C(C)(C)C)C1. The predicted molar refractivity (Wildman–Crippen MR) is 75.8 cm³/mol. The third-order valence-corrected chi connectivity index (χ3v) is 5.32. The van der Waals surface area contributed by atoms with Crippen LogP contribution in [0.4, 0.5) is 0 Å². The number of esters is 1. The third kappa shape index (κ3) is 5.03. The first kappa shape index (κ1) is 17.4. The average molecular weight is 307 g/mol. The van der Waals surface area contributed by atoms with E-state index in [2.05, 4.69) is 4.74 Å². The highest BCUT2D eigenvalue weighted by molar-refractivity contribution is 7.89. The van der Waals surface area contributed by atoms with Crippen molar-refractivity contribution in [3.8, 4) is 0 Å². The molecule has 1 atom stereocenters. The van der Waals surface area contributed by atoms with Gasteiger partial charge in [-0.15, -0.1) is 0 Å². The van der Waals surface area contributed by atoms with Gasteiger partial charge in [0.25, 0.3) is 0 Å². The Kier molecular flexibility index (Phi) is 5.97. The molecule has 0 unspecified atom stereocenters. The summed E-state index contributed by atoms with van der Waals surface area (Å²) in [6.07, 6.45) is 0.307. The Hall–Kier alpha value is -0.660. The molecular weight excluding hydrogens is 282 g/mol. The predicted octanol–water partition coefficient (Wildman–Crippen LogP) is 1.02. The lowest BCUT2D eigenvalue weighted by Crippen LogP contribution is -2.50. The van der Waals surface area contributed by atoms with Crippen molar-refractivity contribution in [1.29, 1.82) is 0 Å². The van der Waals surface area contributed by atoms with Gasteiger partial charge in [-0.2, -0.15) is 4.31 Å². The Balaban J connectivity index is 2.56. The lowest BCUT2D eigenvalue weighted by Gasteiger charge is -2.38. The summed E-state index contributed by atoms with van der Waals surface area (Å²) < 4.78 is 36.1. The molecule has 0 aliphatic carbocycles. The van der Waals surface area contributed by atoms with Gasteiger partial charge in [-0.3, -0.25) is 4.79 Å². The van der Waals surface area contributed by atoms with Crippen molar-refractivity contribution in [3.05, 3.63) is 0 Å². The number of carbonyl (C=O) groups excluding carboxylic acids is 1. The lowest BCUT2D eigenvalue weighted by molar-refractivity contribution is -0.140. The number of ether oxygens (including phenoxy) is 2. The molecule has 0 spiro atoms. The molecule has 0 N–H and O–H groups in total. The maximum absolute atomic E-state index is 12.2. The smallest absolute Gasteiger partial charge is 0.305 e. The van der Waals surface area contributed by atoms with Crippen molar-refractivity contribution >= 4 is 16.0 Å². The second kappa shape index (κ2) is 6.87. The van der Waals surface area contributed by atoms with Gasteiger partial charge in [-0.05, 0) is 11.8 Å². The van der Waals surface area contributed by atoms with E-state index in [9.17, 15) is 13.2 Å². The van der Waals surface area contributed by atoms with Crippen LogP contribution in [0.1, 0.15) is 33.6 Å². The van der Waals surface area contributed by atoms with Gasteiger partial charge in [-0.25, -0.2) is 8.42 Å². The number of hydrogen-bond acceptors (Lipinski definition) is 5. The number of carbonyl (C=O) groups is 1. The molecule has 7 heteroatoms. The highest BCUT2D eigenvalue weighted by Gasteiger charge is 2.35. The van der Waals surface area contributed by atoms with Gasteiger partial charge in [0.2, 0.25) is 10.0 Å². The monoisotopic (exact) mass is 307 g/mol. The maximum Gasteiger partial charge on any atom is 0.305 e. The van der Waals surface area contributed by atoms with Crippen molar-refractivity contribution in [3.63, 3.8) is 0 Å². The molecule has 0 saturated carbocycles. The average Bonchev–Trinajstić information content (AvgIpc) is 2.37. The van der Waals surface area contributed by atoms with Crippen LogP contribution in [0.2, 0.25) is 0 Å². The highest BCUT2D eigenvalue weighted by atomic mass is 32.2. The number of rotatable bonds is 5. The molecule has 20 heavy (non-hydrogen) atoms. The maximum atomic E-state index is 12.2. The Morgan fingerprint density at radius 2 is 2.05 bits per heavy atom. The fraction of sp³-hybridized carbons (Fsp3) is 0.923. The van der Waals surface area contributed by atoms with Crippen LogP contribution in [-0.2, 0) is 24.3 Å². The summed E-state index contributed by atoms with van der Waals surface area (Å²) in [7, 11) is -2.04. The number of sulfonamides is 1. The summed E-state index contributed by atoms with van der Waals surface area (Å²) in [6.45, 7) is 7.27. The first-order valence-electron chi connectivity index (χ1n) is 6.83. The van der Waals surface area contributed by atoms with E-state index in [1.807, 2.05) is 20.8 Å². The van der Waals surface area contributed by atoms with Crippen molar-refractivity contribution in [2.45, 2.75) is 39.7 Å². The molecule has 1 aliphatic rings. The summed E-state index contributed by atoms with van der Waals surface area (Å²) in [5.74, 6) is -0.409. The topological polar surface area (TPSA) is 72.9 Å². The summed E-state index contributed by atoms with van der Waals surface area (Å²) >= 11 is 0. The third-order valence-electron chi connectivity index (χ3n) is 3.40. The van der Waals surface area contributed by atoms with Crippen molar-refractivity contribution < 1.29 is 22.7 Å². The molecule has 0 aromatic rings. The number of morpholine rings is 1. The van der Waals surface area contributed by atoms with Gasteiger partial charge < -0.3 is 9.47 Å². The van der Waals surface area contributed by atoms with E-state index in [1.54, 1.807) is 0 Å². The van der Waals surface area contributed by atoms with Crippen LogP contribution in [0.5, 0.6) is 0 Å². The fourth-order valence-electron chi connectivity index (χ4n) is 2.03. The second-order valence-corrected chi connectivity index (χ2v) is 8.17. The normalized spacial score (nSPS) is 21.7. The number of nitrogens with zero attached hydrogens (tertiary/aromatic N) is 1. The molecule has 1 aliphatic heterocycles. The molecule has 1 rings (SSSR count). The van der Waals surface area contributed by atoms with Crippen LogP contribution in [0.3, 0.4) is 0 Å². The lowest BCUT2D eigenvalue weighted by atomic mass is 9.88. The van der Waals surface area contributed by atoms with Gasteiger partial charge in [0.05, 0.1) is 25.6 Å². The fourth-order valence-corrected chi connectivity index (χ4v) is 3.51. The molecule has 0 aromatic carbocycles. The van der Waals surface area contributed by atoms with E-state index in [4.69, 9.17) is 4.74 Å². The summed E-state index contributed by atoms with van der Waals surface area (Å²) in [6, 6.07) is 0. The van der Waals surface area contributed by atoms with E-state index >= 15 is 0 Å². The molecule has 0 bridgehead atoms. The minimum Gasteiger partial charge on any atom is -0.469 e. The largest absolute Gasteiger partial charge is 0.469 e. The zero-order valence-corrected chi connectivity index (χ0v) is 13.5. The first-order valence-corrected chi connectivity index (χ1v) is 8.44. The van der Waals surface area contributed by atoms with Gasteiger partial charge in [0.1, 0.15) is 0 Å². The van der Waals surface area contributed by atoms with Crippen LogP contribution >= 0.6 is 0 Å². The molecule has 0 radical (unpaired) electrons. The van der Waals surface area contributed by atoms with Gasteiger partial charge in [0, 0.05) is 19.5 Å². The van der Waals surface area contributed by atoms with Gasteiger partial charge in [-0.1, -0.05) is 20.8 Å². The zero-order valence-electron chi connectivity index (χ0n) is 12.7. The van der Waals surface area contributed by atoms with E-state index in [0.717, 1.165) is 0 Å². The van der Waals surface area contributed by atoms with Crippen LogP contribution in [0.15, 0.2) is 0 Å². The van der Waals surface area contributed by atoms with E-state index < -0.39 is 10.0 Å². The van der Waals surface area contributed by atoms with Crippen molar-refractivity contribution in [2.75, 3.05) is 32.6 Å². The van der Waals surface area contributed by atoms with Crippen LogP contribution in [0.25, 0.3) is 0 Å². The Bertz CT molecular complexity index is 427. The summed E-state index contributed by atoms with van der Waals surface area (Å²) in [5, 5.41) is 0. The number of hydrogen-bond donors (Lipinski definition) is 0. The quantitative estimate of drug-likeness (QED) is 0.709. The van der Waals surface area contributed by atoms with Crippen LogP contribution < -0.4 is 0 Å². The zero-order chi connectivity index (χ0) is 15.4.